The summed E-state index contributed by atoms with van der Waals surface area (Å²) in [6, 6.07) is 11.5. The van der Waals surface area contributed by atoms with Gasteiger partial charge in [0.05, 0.1) is 6.04 Å². The van der Waals surface area contributed by atoms with E-state index in [0.717, 1.165) is 13.1 Å². The van der Waals surface area contributed by atoms with Crippen molar-refractivity contribution in [3.8, 4) is 0 Å². The number of carbonyl (C=O) groups excluding carboxylic acids is 1. The monoisotopic (exact) mass is 359 g/mol. The highest BCUT2D eigenvalue weighted by Crippen LogP contribution is 2.24. The Bertz CT molecular complexity index is 704. The van der Waals surface area contributed by atoms with Gasteiger partial charge in [-0.3, -0.25) is 9.69 Å². The zero-order valence-electron chi connectivity index (χ0n) is 14.7. The molecule has 2 heterocycles. The van der Waals surface area contributed by atoms with Crippen molar-refractivity contribution in [2.24, 2.45) is 7.05 Å². The molecule has 1 aromatic heterocycles. The fourth-order valence-electron chi connectivity index (χ4n) is 3.57. The molecule has 0 spiro atoms. The number of nitrogens with zero attached hydrogens (tertiary/aromatic N) is 2. The molecular formula is C20H26ClN3O. The number of likely N-dealkylation sites (tertiary alicyclic amines) is 1. The smallest absolute Gasteiger partial charge is 0.251 e. The fraction of sp³-hybridized carbons (Fsp3) is 0.450. The average molecular weight is 360 g/mol. The molecule has 1 aliphatic rings. The minimum absolute atomic E-state index is 0.0727. The van der Waals surface area contributed by atoms with Gasteiger partial charge in [-0.1, -0.05) is 30.5 Å². The first-order valence-electron chi connectivity index (χ1n) is 9.04. The summed E-state index contributed by atoms with van der Waals surface area (Å²) in [6.07, 6.45) is 7.11. The third-order valence-electron chi connectivity index (χ3n) is 4.95. The van der Waals surface area contributed by atoms with Gasteiger partial charge in [-0.2, -0.15) is 0 Å². The Labute approximate surface area is 154 Å². The van der Waals surface area contributed by atoms with Crippen molar-refractivity contribution < 1.29 is 4.79 Å². The van der Waals surface area contributed by atoms with Gasteiger partial charge in [0.25, 0.3) is 5.91 Å². The van der Waals surface area contributed by atoms with Crippen LogP contribution in [0.1, 0.15) is 47.8 Å². The molecule has 1 saturated heterocycles. The van der Waals surface area contributed by atoms with Crippen molar-refractivity contribution in [2.45, 2.75) is 31.7 Å². The van der Waals surface area contributed by atoms with Crippen molar-refractivity contribution in [1.29, 1.82) is 0 Å². The number of benzene rings is 1. The molecule has 0 aliphatic carbocycles. The van der Waals surface area contributed by atoms with Crippen LogP contribution in [0.25, 0.3) is 0 Å². The highest BCUT2D eigenvalue weighted by atomic mass is 35.5. The van der Waals surface area contributed by atoms with E-state index in [1.165, 1.54) is 31.4 Å². The van der Waals surface area contributed by atoms with Crippen LogP contribution in [0, 0.1) is 0 Å². The molecule has 134 valence electrons. The van der Waals surface area contributed by atoms with Crippen LogP contribution in [-0.2, 0) is 7.05 Å². The lowest BCUT2D eigenvalue weighted by Gasteiger charge is -2.31. The number of nitrogens with one attached hydrogen (secondary N) is 1. The molecule has 4 nitrogen and oxygen atoms in total. The number of carbonyl (C=O) groups is 1. The Morgan fingerprint density at radius 3 is 2.56 bits per heavy atom. The Morgan fingerprint density at radius 1 is 1.16 bits per heavy atom. The minimum atomic E-state index is -0.0727. The van der Waals surface area contributed by atoms with Gasteiger partial charge in [-0.15, -0.1) is 0 Å². The van der Waals surface area contributed by atoms with Gasteiger partial charge in [0.2, 0.25) is 0 Å². The number of halogens is 1. The molecule has 1 atom stereocenters. The van der Waals surface area contributed by atoms with Crippen LogP contribution in [0.4, 0.5) is 0 Å². The van der Waals surface area contributed by atoms with E-state index in [-0.39, 0.29) is 11.9 Å². The third kappa shape index (κ3) is 4.65. The maximum absolute atomic E-state index is 12.5. The molecule has 1 amide bonds. The second kappa shape index (κ2) is 8.54. The molecular weight excluding hydrogens is 334 g/mol. The Hall–Kier alpha value is -1.78. The number of aryl methyl sites for hydroxylation is 1. The zero-order valence-corrected chi connectivity index (χ0v) is 15.5. The lowest BCUT2D eigenvalue weighted by molar-refractivity contribution is 0.0931. The molecule has 1 N–H and O–H groups in total. The summed E-state index contributed by atoms with van der Waals surface area (Å²) in [5, 5.41) is 3.69. The molecule has 1 unspecified atom stereocenters. The molecule has 5 heteroatoms. The van der Waals surface area contributed by atoms with Gasteiger partial charge in [-0.05, 0) is 56.3 Å². The normalized spacial score (nSPS) is 17.0. The van der Waals surface area contributed by atoms with Crippen LogP contribution >= 0.6 is 11.6 Å². The second-order valence-electron chi connectivity index (χ2n) is 6.73. The quantitative estimate of drug-likeness (QED) is 0.875. The van der Waals surface area contributed by atoms with Gasteiger partial charge < -0.3 is 9.88 Å². The van der Waals surface area contributed by atoms with Crippen LogP contribution in [0.2, 0.25) is 5.02 Å². The lowest BCUT2D eigenvalue weighted by Crippen LogP contribution is -2.39. The predicted octanol–water partition coefficient (Wildman–Crippen LogP) is 4.03. The van der Waals surface area contributed by atoms with Crippen molar-refractivity contribution in [3.05, 3.63) is 58.9 Å². The van der Waals surface area contributed by atoms with Crippen LogP contribution < -0.4 is 5.32 Å². The van der Waals surface area contributed by atoms with Gasteiger partial charge in [-0.25, -0.2) is 0 Å². The van der Waals surface area contributed by atoms with E-state index in [1.54, 1.807) is 24.3 Å². The number of rotatable bonds is 5. The van der Waals surface area contributed by atoms with Crippen molar-refractivity contribution >= 4 is 17.5 Å². The first-order valence-corrected chi connectivity index (χ1v) is 9.42. The molecule has 1 fully saturated rings. The first kappa shape index (κ1) is 18.0. The van der Waals surface area contributed by atoms with Crippen molar-refractivity contribution in [3.63, 3.8) is 0 Å². The van der Waals surface area contributed by atoms with E-state index in [0.29, 0.717) is 17.1 Å². The number of hydrogen-bond donors (Lipinski definition) is 1. The third-order valence-corrected chi connectivity index (χ3v) is 5.18. The van der Waals surface area contributed by atoms with Gasteiger partial charge in [0.1, 0.15) is 0 Å². The summed E-state index contributed by atoms with van der Waals surface area (Å²) in [5.74, 6) is -0.0727. The molecule has 0 saturated carbocycles. The standard InChI is InChI=1S/C20H26ClN3O/c1-23-11-7-10-18(23)19(24-12-4-2-3-5-13-24)15-22-20(25)16-8-6-9-17(21)14-16/h6-11,14,19H,2-5,12-13,15H2,1H3,(H,22,25). The van der Waals surface area contributed by atoms with E-state index in [9.17, 15) is 4.79 Å². The van der Waals surface area contributed by atoms with E-state index < -0.39 is 0 Å². The van der Waals surface area contributed by atoms with Gasteiger partial charge >= 0.3 is 0 Å². The number of hydrogen-bond acceptors (Lipinski definition) is 2. The lowest BCUT2D eigenvalue weighted by atomic mass is 10.1. The molecule has 25 heavy (non-hydrogen) atoms. The summed E-state index contributed by atoms with van der Waals surface area (Å²) in [7, 11) is 2.07. The summed E-state index contributed by atoms with van der Waals surface area (Å²) < 4.78 is 2.15. The maximum atomic E-state index is 12.5. The highest BCUT2D eigenvalue weighted by molar-refractivity contribution is 6.30. The summed E-state index contributed by atoms with van der Waals surface area (Å²) in [4.78, 5) is 15.0. The topological polar surface area (TPSA) is 37.3 Å². The fourth-order valence-corrected chi connectivity index (χ4v) is 3.76. The van der Waals surface area contributed by atoms with E-state index in [2.05, 4.69) is 40.2 Å². The van der Waals surface area contributed by atoms with Crippen LogP contribution in [-0.4, -0.2) is 35.0 Å². The summed E-state index contributed by atoms with van der Waals surface area (Å²) >= 11 is 6.00. The molecule has 0 bridgehead atoms. The molecule has 1 aromatic carbocycles. The Balaban J connectivity index is 1.73. The molecule has 3 rings (SSSR count). The predicted molar refractivity (Wildman–Crippen MR) is 102 cm³/mol. The van der Waals surface area contributed by atoms with Crippen LogP contribution in [0.5, 0.6) is 0 Å². The molecule has 0 radical (unpaired) electrons. The van der Waals surface area contributed by atoms with Crippen molar-refractivity contribution in [1.82, 2.24) is 14.8 Å². The number of amides is 1. The van der Waals surface area contributed by atoms with E-state index in [4.69, 9.17) is 11.6 Å². The summed E-state index contributed by atoms with van der Waals surface area (Å²) in [5.41, 5.74) is 1.85. The van der Waals surface area contributed by atoms with Crippen molar-refractivity contribution in [2.75, 3.05) is 19.6 Å². The van der Waals surface area contributed by atoms with E-state index in [1.807, 2.05) is 0 Å². The van der Waals surface area contributed by atoms with Crippen LogP contribution in [0.3, 0.4) is 0 Å². The molecule has 1 aliphatic heterocycles. The Kier molecular flexibility index (Phi) is 6.16. The van der Waals surface area contributed by atoms with Crippen LogP contribution in [0.15, 0.2) is 42.6 Å². The largest absolute Gasteiger partial charge is 0.353 e. The highest BCUT2D eigenvalue weighted by Gasteiger charge is 2.24. The first-order chi connectivity index (χ1) is 12.1. The zero-order chi connectivity index (χ0) is 17.6. The Morgan fingerprint density at radius 2 is 1.92 bits per heavy atom. The summed E-state index contributed by atoms with van der Waals surface area (Å²) in [6.45, 7) is 2.77. The van der Waals surface area contributed by atoms with Gasteiger partial charge in [0, 0.05) is 36.1 Å². The number of aromatic nitrogens is 1. The molecule has 2 aromatic rings. The maximum Gasteiger partial charge on any atom is 0.251 e. The second-order valence-corrected chi connectivity index (χ2v) is 7.17. The van der Waals surface area contributed by atoms with E-state index >= 15 is 0 Å². The minimum Gasteiger partial charge on any atom is -0.353 e. The van der Waals surface area contributed by atoms with Gasteiger partial charge in [0.15, 0.2) is 0 Å². The average Bonchev–Trinajstić information content (AvgIpc) is 2.86. The SMILES string of the molecule is Cn1cccc1C(CNC(=O)c1cccc(Cl)c1)N1CCCCCC1.